The van der Waals surface area contributed by atoms with E-state index >= 15 is 0 Å². The highest BCUT2D eigenvalue weighted by molar-refractivity contribution is 7.91. The monoisotopic (exact) mass is 526 g/mol. The zero-order valence-corrected chi connectivity index (χ0v) is 20.1. The molecule has 192 valence electrons. The van der Waals surface area contributed by atoms with Crippen molar-refractivity contribution in [1.82, 2.24) is 24.7 Å². The molecule has 2 amide bonds. The fourth-order valence-electron chi connectivity index (χ4n) is 3.32. The SMILES string of the molecule is COc1cc(-c2ncc(C(F)(F)F)nc2NC(=O)N=[S@](N)(=O)c2cnn3c2OCC(C)(C)C3)ccn1. The fourth-order valence-corrected chi connectivity index (χ4v) is 4.32. The Morgan fingerprint density at radius 2 is 2.08 bits per heavy atom. The van der Waals surface area contributed by atoms with Crippen LogP contribution in [-0.4, -0.2) is 48.7 Å². The molecule has 0 radical (unpaired) electrons. The van der Waals surface area contributed by atoms with E-state index in [0.29, 0.717) is 12.7 Å². The average Bonchev–Trinajstić information content (AvgIpc) is 3.21. The summed E-state index contributed by atoms with van der Waals surface area (Å²) in [6.07, 6.45) is -1.82. The van der Waals surface area contributed by atoms with Gasteiger partial charge in [0.2, 0.25) is 11.8 Å². The standard InChI is InChI=1S/C20H21F3N8O4S/c1-19(2)9-31-17(35-10-19)12(7-27-31)36(24,33)30-18(32)29-16-15(11-4-5-25-14(6-11)34-3)26-8-13(28-16)20(21,22)23/h4-8H,9-10H2,1-3H3,(H3,24,28,29,30,32,33)/t36-/m0/s1. The zero-order valence-electron chi connectivity index (χ0n) is 19.2. The number of methoxy groups -OCH3 is 1. The number of nitrogens with two attached hydrogens (primary N) is 1. The predicted octanol–water partition coefficient (Wildman–Crippen LogP) is 3.11. The highest BCUT2D eigenvalue weighted by atomic mass is 32.2. The Bertz CT molecular complexity index is 1450. The summed E-state index contributed by atoms with van der Waals surface area (Å²) < 4.78 is 68.5. The van der Waals surface area contributed by atoms with Gasteiger partial charge in [-0.1, -0.05) is 13.8 Å². The predicted molar refractivity (Wildman–Crippen MR) is 120 cm³/mol. The van der Waals surface area contributed by atoms with Crippen LogP contribution in [0.4, 0.5) is 23.8 Å². The van der Waals surface area contributed by atoms with Crippen LogP contribution in [0.2, 0.25) is 0 Å². The number of halogens is 3. The molecule has 0 unspecified atom stereocenters. The van der Waals surface area contributed by atoms with E-state index in [2.05, 4.69) is 29.7 Å². The van der Waals surface area contributed by atoms with Crippen LogP contribution < -0.4 is 19.9 Å². The van der Waals surface area contributed by atoms with Gasteiger partial charge < -0.3 is 9.47 Å². The number of anilines is 1. The zero-order chi connectivity index (χ0) is 26.3. The second-order valence-corrected chi connectivity index (χ2v) is 10.3. The summed E-state index contributed by atoms with van der Waals surface area (Å²) in [5.41, 5.74) is -1.50. The number of pyridine rings is 1. The molecule has 36 heavy (non-hydrogen) atoms. The van der Waals surface area contributed by atoms with Crippen LogP contribution in [0.1, 0.15) is 19.5 Å². The van der Waals surface area contributed by atoms with Gasteiger partial charge in [0.25, 0.3) is 0 Å². The molecule has 1 aliphatic rings. The lowest BCUT2D eigenvalue weighted by Crippen LogP contribution is -2.33. The van der Waals surface area contributed by atoms with E-state index in [0.717, 1.165) is 0 Å². The van der Waals surface area contributed by atoms with Crippen molar-refractivity contribution in [1.29, 1.82) is 0 Å². The number of nitrogens with zero attached hydrogens (tertiary/aromatic N) is 6. The maximum atomic E-state index is 13.3. The van der Waals surface area contributed by atoms with Gasteiger partial charge in [0.15, 0.2) is 21.4 Å². The summed E-state index contributed by atoms with van der Waals surface area (Å²) in [5, 5.41) is 12.0. The smallest absolute Gasteiger partial charge is 0.434 e. The highest BCUT2D eigenvalue weighted by Crippen LogP contribution is 2.34. The molecule has 1 atom stereocenters. The molecule has 12 nitrogen and oxygen atoms in total. The number of hydrogen-bond donors (Lipinski definition) is 2. The van der Waals surface area contributed by atoms with E-state index in [1.807, 2.05) is 13.8 Å². The summed E-state index contributed by atoms with van der Waals surface area (Å²) in [4.78, 5) is 23.8. The van der Waals surface area contributed by atoms with E-state index in [-0.39, 0.29) is 39.9 Å². The Labute approximate surface area is 203 Å². The molecular weight excluding hydrogens is 505 g/mol. The Kier molecular flexibility index (Phi) is 6.34. The molecule has 4 heterocycles. The molecule has 4 rings (SSSR count). The molecular formula is C20H21F3N8O4S. The number of carbonyl (C=O) groups is 1. The first-order chi connectivity index (χ1) is 16.8. The summed E-state index contributed by atoms with van der Waals surface area (Å²) in [6.45, 7) is 4.62. The highest BCUT2D eigenvalue weighted by Gasteiger charge is 2.35. The van der Waals surface area contributed by atoms with E-state index < -0.39 is 33.6 Å². The molecule has 0 fully saturated rings. The minimum atomic E-state index is -4.85. The third-order valence-corrected chi connectivity index (χ3v) is 6.32. The molecule has 0 saturated carbocycles. The second kappa shape index (κ2) is 9.02. The summed E-state index contributed by atoms with van der Waals surface area (Å²) in [7, 11) is -2.54. The number of hydrogen-bond acceptors (Lipinski definition) is 8. The van der Waals surface area contributed by atoms with Gasteiger partial charge in [-0.15, -0.1) is 4.36 Å². The van der Waals surface area contributed by atoms with Crippen molar-refractivity contribution in [2.75, 3.05) is 19.0 Å². The largest absolute Gasteiger partial charge is 0.481 e. The maximum absolute atomic E-state index is 13.3. The van der Waals surface area contributed by atoms with Crippen molar-refractivity contribution >= 4 is 21.8 Å². The molecule has 0 aromatic carbocycles. The molecule has 3 aromatic rings. The van der Waals surface area contributed by atoms with Gasteiger partial charge >= 0.3 is 12.2 Å². The molecule has 3 N–H and O–H groups in total. The van der Waals surface area contributed by atoms with Crippen molar-refractivity contribution < 1.29 is 31.6 Å². The van der Waals surface area contributed by atoms with Gasteiger partial charge in [-0.2, -0.15) is 18.3 Å². The van der Waals surface area contributed by atoms with Crippen LogP contribution in [-0.2, 0) is 22.6 Å². The number of aromatic nitrogens is 5. The Hall–Kier alpha value is -3.79. The summed E-state index contributed by atoms with van der Waals surface area (Å²) in [6, 6.07) is 1.50. The number of rotatable bonds is 4. The molecule has 16 heteroatoms. The third kappa shape index (κ3) is 5.23. The van der Waals surface area contributed by atoms with Crippen LogP contribution in [0, 0.1) is 5.41 Å². The Balaban J connectivity index is 1.71. The first-order valence-electron chi connectivity index (χ1n) is 10.3. The number of fused-ring (bicyclic) bond motifs is 1. The van der Waals surface area contributed by atoms with Gasteiger partial charge in [0.1, 0.15) is 10.6 Å². The number of alkyl halides is 3. The quantitative estimate of drug-likeness (QED) is 0.524. The molecule has 0 saturated heterocycles. The lowest BCUT2D eigenvalue weighted by atomic mass is 9.94. The van der Waals surface area contributed by atoms with Crippen molar-refractivity contribution in [2.45, 2.75) is 31.5 Å². The number of ether oxygens (including phenoxy) is 2. The average molecular weight is 527 g/mol. The first kappa shape index (κ1) is 25.3. The van der Waals surface area contributed by atoms with Crippen molar-refractivity contribution in [2.24, 2.45) is 14.9 Å². The van der Waals surface area contributed by atoms with Gasteiger partial charge in [0.05, 0.1) is 32.7 Å². The molecule has 3 aromatic heterocycles. The van der Waals surface area contributed by atoms with Gasteiger partial charge in [-0.25, -0.2) is 28.8 Å². The van der Waals surface area contributed by atoms with Crippen LogP contribution in [0.25, 0.3) is 11.3 Å². The first-order valence-corrected chi connectivity index (χ1v) is 11.9. The summed E-state index contributed by atoms with van der Waals surface area (Å²) in [5.74, 6) is -0.339. The lowest BCUT2D eigenvalue weighted by Gasteiger charge is -2.30. The third-order valence-electron chi connectivity index (χ3n) is 4.98. The van der Waals surface area contributed by atoms with E-state index in [1.165, 1.54) is 36.3 Å². The maximum Gasteiger partial charge on any atom is 0.434 e. The minimum absolute atomic E-state index is 0.0989. The number of nitrogens with one attached hydrogen (secondary N) is 1. The normalized spacial score (nSPS) is 16.3. The molecule has 1 aliphatic heterocycles. The lowest BCUT2D eigenvalue weighted by molar-refractivity contribution is -0.141. The fraction of sp³-hybridized carbons (Fsp3) is 0.350. The van der Waals surface area contributed by atoms with Crippen LogP contribution >= 0.6 is 0 Å². The van der Waals surface area contributed by atoms with Gasteiger partial charge in [0, 0.05) is 23.2 Å². The van der Waals surface area contributed by atoms with E-state index in [4.69, 9.17) is 14.6 Å². The molecule has 0 spiro atoms. The van der Waals surface area contributed by atoms with Gasteiger partial charge in [-0.05, 0) is 6.07 Å². The second-order valence-electron chi connectivity index (χ2n) is 8.55. The van der Waals surface area contributed by atoms with E-state index in [1.54, 1.807) is 0 Å². The topological polar surface area (TPSA) is 160 Å². The Morgan fingerprint density at radius 3 is 2.78 bits per heavy atom. The van der Waals surface area contributed by atoms with Crippen LogP contribution in [0.15, 0.2) is 40.0 Å². The van der Waals surface area contributed by atoms with Crippen molar-refractivity contribution in [3.8, 4) is 23.0 Å². The number of carbonyl (C=O) groups excluding carboxylic acids is 1. The van der Waals surface area contributed by atoms with E-state index in [9.17, 15) is 22.2 Å². The van der Waals surface area contributed by atoms with Crippen LogP contribution in [0.5, 0.6) is 11.8 Å². The molecule has 0 aliphatic carbocycles. The van der Waals surface area contributed by atoms with Crippen molar-refractivity contribution in [3.63, 3.8) is 0 Å². The van der Waals surface area contributed by atoms with Crippen molar-refractivity contribution in [3.05, 3.63) is 36.4 Å². The van der Waals surface area contributed by atoms with Crippen LogP contribution in [0.3, 0.4) is 0 Å². The summed E-state index contributed by atoms with van der Waals surface area (Å²) >= 11 is 0. The number of amides is 2. The molecule has 0 bridgehead atoms. The Morgan fingerprint density at radius 1 is 1.33 bits per heavy atom. The van der Waals surface area contributed by atoms with Gasteiger partial charge in [-0.3, -0.25) is 10.3 Å². The number of urea groups is 1. The minimum Gasteiger partial charge on any atom is -0.481 e.